The minimum Gasteiger partial charge on any atom is -0.384 e. The summed E-state index contributed by atoms with van der Waals surface area (Å²) < 4.78 is 8.04. The van der Waals surface area contributed by atoms with Gasteiger partial charge in [0.25, 0.3) is 0 Å². The highest BCUT2D eigenvalue weighted by Crippen LogP contribution is 2.32. The lowest BCUT2D eigenvalue weighted by atomic mass is 10.0. The molecule has 4 heteroatoms. The Labute approximate surface area is 159 Å². The molecule has 136 valence electrons. The Morgan fingerprint density at radius 2 is 1.89 bits per heavy atom. The number of hydrogen-bond donors (Lipinski definition) is 1. The van der Waals surface area contributed by atoms with Gasteiger partial charge in [0.15, 0.2) is 0 Å². The normalized spacial score (nSPS) is 16.1. The predicted octanol–water partition coefficient (Wildman–Crippen LogP) is 3.74. The molecule has 0 saturated carbocycles. The Morgan fingerprint density at radius 3 is 2.59 bits per heavy atom. The second-order valence-corrected chi connectivity index (χ2v) is 6.63. The number of ether oxygens (including phenoxy) is 1. The molecular formula is C23H22N2O2. The molecule has 1 aliphatic heterocycles. The van der Waals surface area contributed by atoms with Crippen molar-refractivity contribution in [2.75, 3.05) is 13.2 Å². The van der Waals surface area contributed by atoms with E-state index >= 15 is 0 Å². The lowest BCUT2D eigenvalue weighted by Gasteiger charge is -2.14. The van der Waals surface area contributed by atoms with Crippen molar-refractivity contribution >= 4 is 0 Å². The molecule has 1 N–H and O–H groups in total. The van der Waals surface area contributed by atoms with Crippen molar-refractivity contribution in [2.24, 2.45) is 0 Å². The van der Waals surface area contributed by atoms with Crippen LogP contribution in [0, 0.1) is 11.8 Å². The van der Waals surface area contributed by atoms with Crippen molar-refractivity contribution in [1.82, 2.24) is 9.55 Å². The first-order valence-electron chi connectivity index (χ1n) is 9.27. The zero-order chi connectivity index (χ0) is 18.5. The van der Waals surface area contributed by atoms with Gasteiger partial charge in [-0.3, -0.25) is 0 Å². The van der Waals surface area contributed by atoms with E-state index in [1.807, 2.05) is 36.7 Å². The van der Waals surface area contributed by atoms with Crippen molar-refractivity contribution in [3.8, 4) is 34.4 Å². The molecule has 0 bridgehead atoms. The summed E-state index contributed by atoms with van der Waals surface area (Å²) in [7, 11) is 0. The molecule has 4 rings (SSSR count). The average Bonchev–Trinajstić information content (AvgIpc) is 3.38. The predicted molar refractivity (Wildman–Crippen MR) is 106 cm³/mol. The standard InChI is InChI=1S/C23H22N2O2/c26-14-4-6-18-10-12-20(13-11-18)23-22(19-7-2-1-3-8-19)24-17-25(23)16-21-9-5-15-27-21/h1-3,7-8,10-13,17,21,26H,5,9,14-16H2/t21-/m1/s1. The van der Waals surface area contributed by atoms with Crippen molar-refractivity contribution in [1.29, 1.82) is 0 Å². The van der Waals surface area contributed by atoms with Crippen LogP contribution in [0.25, 0.3) is 22.5 Å². The lowest BCUT2D eigenvalue weighted by molar-refractivity contribution is 0.0973. The van der Waals surface area contributed by atoms with Gasteiger partial charge in [0, 0.05) is 23.3 Å². The van der Waals surface area contributed by atoms with E-state index in [2.05, 4.69) is 40.7 Å². The van der Waals surface area contributed by atoms with Gasteiger partial charge in [-0.05, 0) is 25.0 Å². The molecular weight excluding hydrogens is 336 g/mol. The zero-order valence-corrected chi connectivity index (χ0v) is 15.1. The highest BCUT2D eigenvalue weighted by atomic mass is 16.5. The summed E-state index contributed by atoms with van der Waals surface area (Å²) in [5.74, 6) is 5.63. The quantitative estimate of drug-likeness (QED) is 0.723. The van der Waals surface area contributed by atoms with Crippen molar-refractivity contribution in [2.45, 2.75) is 25.5 Å². The fourth-order valence-electron chi connectivity index (χ4n) is 3.49. The third-order valence-corrected chi connectivity index (χ3v) is 4.78. The maximum Gasteiger partial charge on any atom is 0.104 e. The van der Waals surface area contributed by atoms with Crippen LogP contribution in [0.3, 0.4) is 0 Å². The average molecular weight is 358 g/mol. The highest BCUT2D eigenvalue weighted by molar-refractivity contribution is 5.78. The number of benzene rings is 2. The van der Waals surface area contributed by atoms with E-state index in [4.69, 9.17) is 14.8 Å². The van der Waals surface area contributed by atoms with E-state index in [1.165, 1.54) is 0 Å². The Kier molecular flexibility index (Phi) is 5.34. The van der Waals surface area contributed by atoms with Gasteiger partial charge in [-0.1, -0.05) is 54.3 Å². The molecule has 0 unspecified atom stereocenters. The first-order valence-corrected chi connectivity index (χ1v) is 9.27. The van der Waals surface area contributed by atoms with Crippen LogP contribution in [-0.4, -0.2) is 34.0 Å². The second-order valence-electron chi connectivity index (χ2n) is 6.63. The molecule has 27 heavy (non-hydrogen) atoms. The number of aliphatic hydroxyl groups is 1. The van der Waals surface area contributed by atoms with Crippen molar-refractivity contribution in [3.63, 3.8) is 0 Å². The number of nitrogens with zero attached hydrogens (tertiary/aromatic N) is 2. The fourth-order valence-corrected chi connectivity index (χ4v) is 3.49. The Balaban J connectivity index is 1.74. The van der Waals surface area contributed by atoms with Gasteiger partial charge in [0.05, 0.1) is 30.4 Å². The van der Waals surface area contributed by atoms with Crippen LogP contribution in [0.1, 0.15) is 18.4 Å². The fraction of sp³-hybridized carbons (Fsp3) is 0.261. The number of hydrogen-bond acceptors (Lipinski definition) is 3. The van der Waals surface area contributed by atoms with E-state index in [1.54, 1.807) is 0 Å². The van der Waals surface area contributed by atoms with Crippen LogP contribution in [-0.2, 0) is 11.3 Å². The molecule has 1 aliphatic rings. The van der Waals surface area contributed by atoms with Gasteiger partial charge in [-0.15, -0.1) is 0 Å². The highest BCUT2D eigenvalue weighted by Gasteiger charge is 2.20. The summed E-state index contributed by atoms with van der Waals surface area (Å²) in [6, 6.07) is 18.4. The minimum atomic E-state index is -0.131. The van der Waals surface area contributed by atoms with Crippen LogP contribution >= 0.6 is 0 Å². The SMILES string of the molecule is OCC#Cc1ccc(-c2c(-c3ccccc3)ncn2C[C@H]2CCCO2)cc1. The molecule has 0 aliphatic carbocycles. The summed E-state index contributed by atoms with van der Waals surface area (Å²) in [5.41, 5.74) is 5.15. The molecule has 1 aromatic heterocycles. The topological polar surface area (TPSA) is 47.3 Å². The molecule has 1 saturated heterocycles. The largest absolute Gasteiger partial charge is 0.384 e. The Morgan fingerprint density at radius 1 is 1.07 bits per heavy atom. The van der Waals surface area contributed by atoms with Crippen molar-refractivity contribution in [3.05, 3.63) is 66.5 Å². The molecule has 3 aromatic rings. The third kappa shape index (κ3) is 3.95. The van der Waals surface area contributed by atoms with Crippen LogP contribution in [0.15, 0.2) is 60.9 Å². The Hall–Kier alpha value is -2.87. The van der Waals surface area contributed by atoms with Crippen molar-refractivity contribution < 1.29 is 9.84 Å². The van der Waals surface area contributed by atoms with E-state index in [9.17, 15) is 0 Å². The summed E-state index contributed by atoms with van der Waals surface area (Å²) in [6.45, 7) is 1.52. The Bertz CT molecular complexity index is 944. The van der Waals surface area contributed by atoms with Gasteiger partial charge >= 0.3 is 0 Å². The molecule has 2 aromatic carbocycles. The van der Waals surface area contributed by atoms with Crippen LogP contribution in [0.4, 0.5) is 0 Å². The summed E-state index contributed by atoms with van der Waals surface area (Å²) in [6.07, 6.45) is 4.38. The van der Waals surface area contributed by atoms with Crippen LogP contribution < -0.4 is 0 Å². The molecule has 0 amide bonds. The van der Waals surface area contributed by atoms with Gasteiger partial charge in [0.2, 0.25) is 0 Å². The molecule has 1 atom stereocenters. The minimum absolute atomic E-state index is 0.131. The first-order chi connectivity index (χ1) is 13.3. The van der Waals surface area contributed by atoms with Gasteiger partial charge in [-0.25, -0.2) is 4.98 Å². The number of aromatic nitrogens is 2. The molecule has 0 spiro atoms. The summed E-state index contributed by atoms with van der Waals surface area (Å²) >= 11 is 0. The number of imidazole rings is 1. The van der Waals surface area contributed by atoms with Crippen LogP contribution in [0.2, 0.25) is 0 Å². The van der Waals surface area contributed by atoms with Gasteiger partial charge in [0.1, 0.15) is 6.61 Å². The maximum atomic E-state index is 8.87. The van der Waals surface area contributed by atoms with E-state index in [-0.39, 0.29) is 12.7 Å². The first kappa shape index (κ1) is 17.5. The molecule has 2 heterocycles. The third-order valence-electron chi connectivity index (χ3n) is 4.78. The molecule has 4 nitrogen and oxygen atoms in total. The molecule has 0 radical (unpaired) electrons. The number of aliphatic hydroxyl groups excluding tert-OH is 1. The molecule has 1 fully saturated rings. The van der Waals surface area contributed by atoms with E-state index in [0.29, 0.717) is 0 Å². The second kappa shape index (κ2) is 8.22. The van der Waals surface area contributed by atoms with Crippen LogP contribution in [0.5, 0.6) is 0 Å². The van der Waals surface area contributed by atoms with Gasteiger partial charge in [-0.2, -0.15) is 0 Å². The zero-order valence-electron chi connectivity index (χ0n) is 15.1. The summed E-state index contributed by atoms with van der Waals surface area (Å²) in [5, 5.41) is 8.87. The van der Waals surface area contributed by atoms with E-state index in [0.717, 1.165) is 54.1 Å². The number of rotatable bonds is 4. The summed E-state index contributed by atoms with van der Waals surface area (Å²) in [4.78, 5) is 4.72. The smallest absolute Gasteiger partial charge is 0.104 e. The lowest BCUT2D eigenvalue weighted by Crippen LogP contribution is -2.15. The van der Waals surface area contributed by atoms with E-state index < -0.39 is 0 Å². The monoisotopic (exact) mass is 358 g/mol. The maximum absolute atomic E-state index is 8.87. The van der Waals surface area contributed by atoms with Gasteiger partial charge < -0.3 is 14.4 Å².